The van der Waals surface area contributed by atoms with Gasteiger partial charge in [-0.15, -0.1) is 13.2 Å². The summed E-state index contributed by atoms with van der Waals surface area (Å²) in [4.78, 5) is 0. The van der Waals surface area contributed by atoms with Crippen LogP contribution in [0.5, 0.6) is 5.75 Å². The summed E-state index contributed by atoms with van der Waals surface area (Å²) in [5.74, 6) is -0.247. The van der Waals surface area contributed by atoms with Gasteiger partial charge in [0.25, 0.3) is 0 Å². The minimum absolute atomic E-state index is 0.0151. The van der Waals surface area contributed by atoms with Gasteiger partial charge in [0.2, 0.25) is 0 Å². The quantitative estimate of drug-likeness (QED) is 0.875. The van der Waals surface area contributed by atoms with Crippen LogP contribution in [0.1, 0.15) is 24.8 Å². The molecule has 1 N–H and O–H groups in total. The predicted octanol–water partition coefficient (Wildman–Crippen LogP) is 4.13. The molecule has 1 aliphatic rings. The lowest BCUT2D eigenvalue weighted by Gasteiger charge is -2.16. The summed E-state index contributed by atoms with van der Waals surface area (Å²) < 4.78 is 40.7. The predicted molar refractivity (Wildman–Crippen MR) is 74.4 cm³/mol. The fourth-order valence-corrected chi connectivity index (χ4v) is 2.98. The average Bonchev–Trinajstić information content (AvgIpc) is 2.85. The number of nitriles is 1. The first kappa shape index (κ1) is 16.1. The molecule has 0 heterocycles. The van der Waals surface area contributed by atoms with Crippen LogP contribution in [0.25, 0.3) is 0 Å². The van der Waals surface area contributed by atoms with E-state index in [9.17, 15) is 13.2 Å². The Balaban J connectivity index is 1.96. The first-order valence-corrected chi connectivity index (χ1v) is 7.35. The van der Waals surface area contributed by atoms with Gasteiger partial charge in [-0.3, -0.25) is 0 Å². The first-order valence-electron chi connectivity index (χ1n) is 6.56. The maximum atomic E-state index is 12.2. The van der Waals surface area contributed by atoms with Crippen LogP contribution in [0.4, 0.5) is 13.2 Å². The van der Waals surface area contributed by atoms with E-state index in [-0.39, 0.29) is 22.2 Å². The minimum atomic E-state index is -4.70. The van der Waals surface area contributed by atoms with Gasteiger partial charge in [0.15, 0.2) is 0 Å². The zero-order chi connectivity index (χ0) is 15.5. The number of hydrogen-bond acceptors (Lipinski definition) is 3. The van der Waals surface area contributed by atoms with Crippen molar-refractivity contribution >= 4 is 15.9 Å². The van der Waals surface area contributed by atoms with E-state index in [0.29, 0.717) is 6.54 Å². The van der Waals surface area contributed by atoms with E-state index in [1.165, 1.54) is 6.07 Å². The van der Waals surface area contributed by atoms with Crippen molar-refractivity contribution in [3.8, 4) is 11.8 Å². The van der Waals surface area contributed by atoms with Crippen LogP contribution in [-0.4, -0.2) is 12.4 Å². The number of nitrogens with zero attached hydrogens (tertiary/aromatic N) is 1. The van der Waals surface area contributed by atoms with Crippen molar-refractivity contribution in [1.82, 2.24) is 5.32 Å². The highest BCUT2D eigenvalue weighted by Crippen LogP contribution is 2.31. The van der Waals surface area contributed by atoms with Crippen LogP contribution in [-0.2, 0) is 6.54 Å². The number of ether oxygens (including phenoxy) is 1. The van der Waals surface area contributed by atoms with Crippen LogP contribution in [0.2, 0.25) is 0 Å². The Kier molecular flexibility index (Phi) is 5.12. The lowest BCUT2D eigenvalue weighted by atomic mass is 10.1. The molecular weight excluding hydrogens is 349 g/mol. The molecule has 0 aromatic heterocycles. The number of nitrogens with one attached hydrogen (secondary N) is 1. The normalized spacial score (nSPS) is 22.0. The van der Waals surface area contributed by atoms with E-state index in [0.717, 1.165) is 24.8 Å². The number of halogens is 4. The van der Waals surface area contributed by atoms with Gasteiger partial charge in [-0.05, 0) is 46.5 Å². The fourth-order valence-electron chi connectivity index (χ4n) is 2.47. The maximum Gasteiger partial charge on any atom is 0.573 e. The largest absolute Gasteiger partial charge is 0.573 e. The highest BCUT2D eigenvalue weighted by atomic mass is 79.9. The fraction of sp³-hybridized carbons (Fsp3) is 0.500. The van der Waals surface area contributed by atoms with Crippen molar-refractivity contribution in [1.29, 1.82) is 5.26 Å². The smallest absolute Gasteiger partial charge is 0.405 e. The van der Waals surface area contributed by atoms with Crippen LogP contribution >= 0.6 is 15.9 Å². The molecular formula is C14H14BrF3N2O. The molecule has 0 saturated heterocycles. The van der Waals surface area contributed by atoms with Gasteiger partial charge >= 0.3 is 6.36 Å². The molecule has 3 nitrogen and oxygen atoms in total. The summed E-state index contributed by atoms with van der Waals surface area (Å²) in [6, 6.07) is 6.88. The van der Waals surface area contributed by atoms with Crippen molar-refractivity contribution in [3.63, 3.8) is 0 Å². The minimum Gasteiger partial charge on any atom is -0.405 e. The number of benzene rings is 1. The summed E-state index contributed by atoms with van der Waals surface area (Å²) in [7, 11) is 0. The molecule has 0 aliphatic heterocycles. The molecule has 114 valence electrons. The second kappa shape index (κ2) is 6.67. The molecule has 1 saturated carbocycles. The Hall–Kier alpha value is -1.26. The van der Waals surface area contributed by atoms with Crippen LogP contribution in [0.3, 0.4) is 0 Å². The highest BCUT2D eigenvalue weighted by Gasteiger charge is 2.32. The SMILES string of the molecule is N#CC1CCCC1NCc1ccc(OC(F)(F)F)c(Br)c1. The van der Waals surface area contributed by atoms with E-state index in [2.05, 4.69) is 32.1 Å². The van der Waals surface area contributed by atoms with Gasteiger partial charge in [0, 0.05) is 12.6 Å². The van der Waals surface area contributed by atoms with E-state index >= 15 is 0 Å². The highest BCUT2D eigenvalue weighted by molar-refractivity contribution is 9.10. The molecule has 1 aromatic rings. The van der Waals surface area contributed by atoms with Gasteiger partial charge in [0.05, 0.1) is 16.5 Å². The Labute approximate surface area is 129 Å². The molecule has 2 atom stereocenters. The summed E-state index contributed by atoms with van der Waals surface area (Å²) in [6.45, 7) is 0.508. The molecule has 0 bridgehead atoms. The second-order valence-corrected chi connectivity index (χ2v) is 5.82. The lowest BCUT2D eigenvalue weighted by molar-refractivity contribution is -0.274. The van der Waals surface area contributed by atoms with Crippen molar-refractivity contribution in [2.45, 2.75) is 38.2 Å². The van der Waals surface area contributed by atoms with Gasteiger partial charge in [0.1, 0.15) is 5.75 Å². The number of hydrogen-bond donors (Lipinski definition) is 1. The average molecular weight is 363 g/mol. The standard InChI is InChI=1S/C14H14BrF3N2O/c15-11-6-9(4-5-13(11)21-14(16,17)18)8-20-12-3-1-2-10(12)7-19/h4-6,10,12,20H,1-3,8H2. The van der Waals surface area contributed by atoms with Crippen LogP contribution < -0.4 is 10.1 Å². The summed E-state index contributed by atoms with van der Waals surface area (Å²) in [5.41, 5.74) is 0.833. The topological polar surface area (TPSA) is 45.0 Å². The van der Waals surface area contributed by atoms with Crippen LogP contribution in [0.15, 0.2) is 22.7 Å². The molecule has 0 radical (unpaired) electrons. The zero-order valence-corrected chi connectivity index (χ0v) is 12.7. The van der Waals surface area contributed by atoms with Crippen LogP contribution in [0, 0.1) is 17.2 Å². The third kappa shape index (κ3) is 4.61. The summed E-state index contributed by atoms with van der Waals surface area (Å²) in [6.07, 6.45) is -1.82. The molecule has 21 heavy (non-hydrogen) atoms. The molecule has 1 fully saturated rings. The molecule has 1 aliphatic carbocycles. The lowest BCUT2D eigenvalue weighted by Crippen LogP contribution is -2.31. The first-order chi connectivity index (χ1) is 9.89. The van der Waals surface area contributed by atoms with Crippen molar-refractivity contribution in [3.05, 3.63) is 28.2 Å². The number of rotatable bonds is 4. The van der Waals surface area contributed by atoms with E-state index in [1.54, 1.807) is 12.1 Å². The van der Waals surface area contributed by atoms with Gasteiger partial charge in [-0.25, -0.2) is 0 Å². The monoisotopic (exact) mass is 362 g/mol. The molecule has 7 heteroatoms. The molecule has 2 rings (SSSR count). The van der Waals surface area contributed by atoms with Gasteiger partial charge < -0.3 is 10.1 Å². The van der Waals surface area contributed by atoms with E-state index < -0.39 is 6.36 Å². The molecule has 1 aromatic carbocycles. The Morgan fingerprint density at radius 3 is 2.76 bits per heavy atom. The van der Waals surface area contributed by atoms with Gasteiger partial charge in [-0.1, -0.05) is 12.5 Å². The Morgan fingerprint density at radius 1 is 1.38 bits per heavy atom. The van der Waals surface area contributed by atoms with Crippen molar-refractivity contribution in [2.75, 3.05) is 0 Å². The maximum absolute atomic E-state index is 12.2. The van der Waals surface area contributed by atoms with Crippen molar-refractivity contribution < 1.29 is 17.9 Å². The van der Waals surface area contributed by atoms with Gasteiger partial charge in [-0.2, -0.15) is 5.26 Å². The third-order valence-electron chi connectivity index (χ3n) is 3.47. The molecule has 2 unspecified atom stereocenters. The van der Waals surface area contributed by atoms with E-state index in [1.807, 2.05) is 0 Å². The Bertz CT molecular complexity index is 542. The molecule has 0 amide bonds. The number of alkyl halides is 3. The summed E-state index contributed by atoms with van der Waals surface area (Å²) in [5, 5.41) is 12.3. The Morgan fingerprint density at radius 2 is 2.14 bits per heavy atom. The third-order valence-corrected chi connectivity index (χ3v) is 4.09. The second-order valence-electron chi connectivity index (χ2n) is 4.97. The zero-order valence-electron chi connectivity index (χ0n) is 11.1. The molecule has 0 spiro atoms. The van der Waals surface area contributed by atoms with E-state index in [4.69, 9.17) is 5.26 Å². The van der Waals surface area contributed by atoms with Crippen molar-refractivity contribution in [2.24, 2.45) is 5.92 Å². The summed E-state index contributed by atoms with van der Waals surface area (Å²) >= 11 is 3.07.